The Balaban J connectivity index is 2.50. The zero-order valence-electron chi connectivity index (χ0n) is 9.18. The van der Waals surface area contributed by atoms with Crippen LogP contribution >= 0.6 is 11.6 Å². The number of hydrogen-bond acceptors (Lipinski definition) is 3. The SMILES string of the molecule is CN(C)c1cc(-c2ccncc2)cc(Cl)n1. The van der Waals surface area contributed by atoms with Crippen LogP contribution < -0.4 is 4.90 Å². The maximum atomic E-state index is 5.99. The van der Waals surface area contributed by atoms with Crippen molar-refractivity contribution in [3.8, 4) is 11.1 Å². The first-order chi connectivity index (χ1) is 7.66. The fourth-order valence-electron chi connectivity index (χ4n) is 1.42. The molecule has 2 aromatic rings. The Bertz CT molecular complexity index is 483. The van der Waals surface area contributed by atoms with Crippen molar-refractivity contribution in [1.82, 2.24) is 9.97 Å². The third kappa shape index (κ3) is 2.31. The summed E-state index contributed by atoms with van der Waals surface area (Å²) in [6, 6.07) is 7.75. The predicted molar refractivity (Wildman–Crippen MR) is 66.8 cm³/mol. The van der Waals surface area contributed by atoms with Gasteiger partial charge < -0.3 is 4.90 Å². The lowest BCUT2D eigenvalue weighted by Crippen LogP contribution is -2.10. The molecule has 0 aliphatic rings. The van der Waals surface area contributed by atoms with Gasteiger partial charge in [0.05, 0.1) is 0 Å². The summed E-state index contributed by atoms with van der Waals surface area (Å²) in [5.74, 6) is 0.847. The Morgan fingerprint density at radius 1 is 1.06 bits per heavy atom. The molecule has 0 unspecified atom stereocenters. The van der Waals surface area contributed by atoms with Gasteiger partial charge in [0.2, 0.25) is 0 Å². The highest BCUT2D eigenvalue weighted by atomic mass is 35.5. The van der Waals surface area contributed by atoms with Gasteiger partial charge in [0.25, 0.3) is 0 Å². The summed E-state index contributed by atoms with van der Waals surface area (Å²) < 4.78 is 0. The summed E-state index contributed by atoms with van der Waals surface area (Å²) in [5, 5.41) is 0.498. The molecule has 2 aromatic heterocycles. The van der Waals surface area contributed by atoms with Gasteiger partial charge in [0.1, 0.15) is 11.0 Å². The molecule has 0 amide bonds. The highest BCUT2D eigenvalue weighted by Gasteiger charge is 2.04. The first-order valence-corrected chi connectivity index (χ1v) is 5.30. The van der Waals surface area contributed by atoms with E-state index in [4.69, 9.17) is 11.6 Å². The standard InChI is InChI=1S/C12H12ClN3/c1-16(2)12-8-10(7-11(13)15-12)9-3-5-14-6-4-9/h3-8H,1-2H3. The second-order valence-corrected chi connectivity index (χ2v) is 4.05. The van der Waals surface area contributed by atoms with Crippen LogP contribution in [0.2, 0.25) is 5.15 Å². The Kier molecular flexibility index (Phi) is 3.06. The zero-order valence-corrected chi connectivity index (χ0v) is 9.94. The molecular weight excluding hydrogens is 222 g/mol. The predicted octanol–water partition coefficient (Wildman–Crippen LogP) is 2.86. The third-order valence-corrected chi connectivity index (χ3v) is 2.45. The van der Waals surface area contributed by atoms with Gasteiger partial charge in [-0.05, 0) is 35.4 Å². The van der Waals surface area contributed by atoms with Gasteiger partial charge in [-0.3, -0.25) is 4.98 Å². The average Bonchev–Trinajstić information content (AvgIpc) is 2.29. The van der Waals surface area contributed by atoms with E-state index < -0.39 is 0 Å². The van der Waals surface area contributed by atoms with Crippen LogP contribution in [0.25, 0.3) is 11.1 Å². The Morgan fingerprint density at radius 3 is 2.38 bits per heavy atom. The summed E-state index contributed by atoms with van der Waals surface area (Å²) in [5.41, 5.74) is 2.13. The molecule has 0 bridgehead atoms. The van der Waals surface area contributed by atoms with Gasteiger partial charge in [0, 0.05) is 26.5 Å². The van der Waals surface area contributed by atoms with Crippen molar-refractivity contribution in [2.75, 3.05) is 19.0 Å². The number of nitrogens with zero attached hydrogens (tertiary/aromatic N) is 3. The number of pyridine rings is 2. The van der Waals surface area contributed by atoms with Crippen LogP contribution in [0.3, 0.4) is 0 Å². The van der Waals surface area contributed by atoms with Crippen LogP contribution in [0, 0.1) is 0 Å². The molecular formula is C12H12ClN3. The Labute approximate surface area is 99.7 Å². The molecule has 2 rings (SSSR count). The molecule has 4 heteroatoms. The molecule has 0 aliphatic heterocycles. The first-order valence-electron chi connectivity index (χ1n) is 4.92. The molecule has 0 spiro atoms. The summed E-state index contributed by atoms with van der Waals surface area (Å²) in [7, 11) is 3.88. The van der Waals surface area contributed by atoms with Crippen molar-refractivity contribution in [2.45, 2.75) is 0 Å². The van der Waals surface area contributed by atoms with E-state index in [1.807, 2.05) is 43.3 Å². The van der Waals surface area contributed by atoms with Crippen LogP contribution in [0.15, 0.2) is 36.7 Å². The van der Waals surface area contributed by atoms with Crippen LogP contribution in [0.4, 0.5) is 5.82 Å². The highest BCUT2D eigenvalue weighted by molar-refractivity contribution is 6.29. The van der Waals surface area contributed by atoms with Crippen LogP contribution in [-0.2, 0) is 0 Å². The van der Waals surface area contributed by atoms with E-state index in [9.17, 15) is 0 Å². The van der Waals surface area contributed by atoms with E-state index in [0.29, 0.717) is 5.15 Å². The lowest BCUT2D eigenvalue weighted by Gasteiger charge is -2.13. The minimum atomic E-state index is 0.498. The van der Waals surface area contributed by atoms with E-state index in [-0.39, 0.29) is 0 Å². The minimum absolute atomic E-state index is 0.498. The van der Waals surface area contributed by atoms with Crippen LogP contribution in [0.1, 0.15) is 0 Å². The maximum absolute atomic E-state index is 5.99. The number of hydrogen-bond donors (Lipinski definition) is 0. The fourth-order valence-corrected chi connectivity index (χ4v) is 1.63. The molecule has 82 valence electrons. The molecule has 0 atom stereocenters. The van der Waals surface area contributed by atoms with E-state index in [1.54, 1.807) is 12.4 Å². The lowest BCUT2D eigenvalue weighted by atomic mass is 10.1. The van der Waals surface area contributed by atoms with E-state index in [0.717, 1.165) is 16.9 Å². The number of aromatic nitrogens is 2. The third-order valence-electron chi connectivity index (χ3n) is 2.25. The normalized spacial score (nSPS) is 10.2. The Hall–Kier alpha value is -1.61. The number of rotatable bonds is 2. The largest absolute Gasteiger partial charge is 0.363 e. The van der Waals surface area contributed by atoms with Crippen molar-refractivity contribution in [3.05, 3.63) is 41.8 Å². The highest BCUT2D eigenvalue weighted by Crippen LogP contribution is 2.25. The van der Waals surface area contributed by atoms with Crippen LogP contribution in [-0.4, -0.2) is 24.1 Å². The average molecular weight is 234 g/mol. The topological polar surface area (TPSA) is 29.0 Å². The van der Waals surface area contributed by atoms with E-state index in [1.165, 1.54) is 0 Å². The maximum Gasteiger partial charge on any atom is 0.132 e. The lowest BCUT2D eigenvalue weighted by molar-refractivity contribution is 1.07. The fraction of sp³-hybridized carbons (Fsp3) is 0.167. The van der Waals surface area contributed by atoms with Crippen LogP contribution in [0.5, 0.6) is 0 Å². The quantitative estimate of drug-likeness (QED) is 0.747. The molecule has 0 radical (unpaired) electrons. The molecule has 0 saturated carbocycles. The summed E-state index contributed by atoms with van der Waals surface area (Å²) >= 11 is 5.99. The molecule has 2 heterocycles. The van der Waals surface area contributed by atoms with Crippen molar-refractivity contribution in [3.63, 3.8) is 0 Å². The van der Waals surface area contributed by atoms with Gasteiger partial charge in [-0.1, -0.05) is 11.6 Å². The zero-order chi connectivity index (χ0) is 11.5. The van der Waals surface area contributed by atoms with Crippen molar-refractivity contribution in [2.24, 2.45) is 0 Å². The van der Waals surface area contributed by atoms with E-state index >= 15 is 0 Å². The smallest absolute Gasteiger partial charge is 0.132 e. The first kappa shape index (κ1) is 10.9. The molecule has 0 N–H and O–H groups in total. The van der Waals surface area contributed by atoms with Gasteiger partial charge in [-0.25, -0.2) is 4.98 Å². The minimum Gasteiger partial charge on any atom is -0.363 e. The molecule has 0 aromatic carbocycles. The van der Waals surface area contributed by atoms with Crippen molar-refractivity contribution in [1.29, 1.82) is 0 Å². The summed E-state index contributed by atoms with van der Waals surface area (Å²) in [6.07, 6.45) is 3.53. The second kappa shape index (κ2) is 4.49. The summed E-state index contributed by atoms with van der Waals surface area (Å²) in [6.45, 7) is 0. The van der Waals surface area contributed by atoms with Gasteiger partial charge >= 0.3 is 0 Å². The monoisotopic (exact) mass is 233 g/mol. The summed E-state index contributed by atoms with van der Waals surface area (Å²) in [4.78, 5) is 10.2. The van der Waals surface area contributed by atoms with Gasteiger partial charge in [-0.15, -0.1) is 0 Å². The van der Waals surface area contributed by atoms with E-state index in [2.05, 4.69) is 9.97 Å². The molecule has 3 nitrogen and oxygen atoms in total. The van der Waals surface area contributed by atoms with Gasteiger partial charge in [-0.2, -0.15) is 0 Å². The second-order valence-electron chi connectivity index (χ2n) is 3.67. The molecule has 0 fully saturated rings. The molecule has 0 aliphatic carbocycles. The number of halogens is 1. The Morgan fingerprint density at radius 2 is 1.75 bits per heavy atom. The molecule has 16 heavy (non-hydrogen) atoms. The van der Waals surface area contributed by atoms with Crippen molar-refractivity contribution < 1.29 is 0 Å². The number of anilines is 1. The molecule has 0 saturated heterocycles. The van der Waals surface area contributed by atoms with Gasteiger partial charge in [0.15, 0.2) is 0 Å². The van der Waals surface area contributed by atoms with Crippen molar-refractivity contribution >= 4 is 17.4 Å².